The number of nitrogens with zero attached hydrogens (tertiary/aromatic N) is 2. The first-order chi connectivity index (χ1) is 18.7. The van der Waals surface area contributed by atoms with E-state index in [1.807, 2.05) is 0 Å². The zero-order chi connectivity index (χ0) is 30.1. The van der Waals surface area contributed by atoms with Crippen LogP contribution in [0.2, 0.25) is 0 Å². The normalized spacial score (nSPS) is 47.4. The molecule has 0 unspecified atom stereocenters. The quantitative estimate of drug-likeness (QED) is 0.0518. The van der Waals surface area contributed by atoms with Crippen molar-refractivity contribution in [3.63, 3.8) is 0 Å². The van der Waals surface area contributed by atoms with Gasteiger partial charge in [-0.1, -0.05) is 0 Å². The molecule has 0 aromatic carbocycles. The minimum absolute atomic E-state index is 0.0774. The smallest absolute Gasteiger partial charge is 0.188 e. The Kier molecular flexibility index (Phi) is 10.2. The first-order valence-electron chi connectivity index (χ1n) is 12.1. The van der Waals surface area contributed by atoms with Crippen LogP contribution in [0.5, 0.6) is 0 Å². The van der Waals surface area contributed by atoms with Gasteiger partial charge in [-0.3, -0.25) is 4.79 Å². The molecule has 0 spiro atoms. The second kappa shape index (κ2) is 12.7. The van der Waals surface area contributed by atoms with E-state index >= 15 is 0 Å². The van der Waals surface area contributed by atoms with E-state index in [2.05, 4.69) is 9.98 Å². The van der Waals surface area contributed by atoms with Gasteiger partial charge in [-0.2, -0.15) is 5.48 Å². The maximum absolute atomic E-state index is 12.0. The molecule has 15 atom stereocenters. The summed E-state index contributed by atoms with van der Waals surface area (Å²) in [6, 6.07) is -4.59. The van der Waals surface area contributed by atoms with Crippen LogP contribution in [0.1, 0.15) is 6.92 Å². The standard InChI is InChI=1S/C20H37N7O13/c1-4-20(35,3-29)15(40-16-8(27-36)12(33)9(30)5(2-28)38-16)17(37-4)39-14-7(26-19(23)24)10(31)6(25-18(21)22)11(32)13(14)34/h3-17,27-28,30-36H,2H2,1H3,(H4,21,22,25)(H4,23,24,26)/t4-,5+,6-,7+,8+,9+,10-,11+,12+,13-,14+,15+,16+,17-,20+/m0/s1. The van der Waals surface area contributed by atoms with Crippen LogP contribution in [0.4, 0.5) is 0 Å². The molecule has 0 bridgehead atoms. The molecule has 0 aromatic heterocycles. The van der Waals surface area contributed by atoms with Crippen LogP contribution in [0.3, 0.4) is 0 Å². The predicted molar refractivity (Wildman–Crippen MR) is 129 cm³/mol. The third kappa shape index (κ3) is 5.99. The summed E-state index contributed by atoms with van der Waals surface area (Å²) in [5, 5.41) is 83.0. The number of aliphatic hydroxyl groups excluding tert-OH is 6. The average molecular weight is 584 g/mol. The lowest BCUT2D eigenvalue weighted by molar-refractivity contribution is -0.321. The van der Waals surface area contributed by atoms with Crippen molar-refractivity contribution in [1.82, 2.24) is 5.48 Å². The van der Waals surface area contributed by atoms with E-state index < -0.39 is 110 Å². The number of aliphatic hydroxyl groups is 7. The molecular weight excluding hydrogens is 546 g/mol. The van der Waals surface area contributed by atoms with Crippen LogP contribution < -0.4 is 28.4 Å². The molecule has 20 nitrogen and oxygen atoms in total. The van der Waals surface area contributed by atoms with Crippen LogP contribution >= 0.6 is 0 Å². The summed E-state index contributed by atoms with van der Waals surface area (Å²) >= 11 is 0. The fourth-order valence-corrected chi connectivity index (χ4v) is 4.91. The van der Waals surface area contributed by atoms with E-state index in [0.29, 0.717) is 0 Å². The van der Waals surface area contributed by atoms with E-state index in [1.165, 1.54) is 6.92 Å². The minimum atomic E-state index is -2.47. The Labute approximate surface area is 226 Å². The van der Waals surface area contributed by atoms with Gasteiger partial charge in [-0.15, -0.1) is 0 Å². The highest BCUT2D eigenvalue weighted by molar-refractivity contribution is 5.76. The molecule has 3 rings (SSSR count). The molecule has 2 aliphatic heterocycles. The van der Waals surface area contributed by atoms with E-state index in [0.717, 1.165) is 0 Å². The molecule has 2 saturated heterocycles. The van der Waals surface area contributed by atoms with Gasteiger partial charge >= 0.3 is 0 Å². The van der Waals surface area contributed by atoms with Crippen LogP contribution in [0, 0.1) is 0 Å². The molecule has 1 saturated carbocycles. The van der Waals surface area contributed by atoms with E-state index in [-0.39, 0.29) is 6.29 Å². The topological polar surface area (TPSA) is 357 Å². The first kappa shape index (κ1) is 32.2. The highest BCUT2D eigenvalue weighted by Gasteiger charge is 2.61. The minimum Gasteiger partial charge on any atom is -0.394 e. The number of aldehydes is 1. The summed E-state index contributed by atoms with van der Waals surface area (Å²) in [4.78, 5) is 19.6. The molecule has 3 aliphatic rings. The summed E-state index contributed by atoms with van der Waals surface area (Å²) in [7, 11) is 0. The van der Waals surface area contributed by atoms with Gasteiger partial charge in [0.1, 0.15) is 67.0 Å². The molecule has 230 valence electrons. The van der Waals surface area contributed by atoms with Crippen molar-refractivity contribution in [2.75, 3.05) is 6.61 Å². The Balaban J connectivity index is 1.96. The summed E-state index contributed by atoms with van der Waals surface area (Å²) in [6.07, 6.45) is -18.6. The van der Waals surface area contributed by atoms with Gasteiger partial charge in [0.25, 0.3) is 0 Å². The lowest BCUT2D eigenvalue weighted by Gasteiger charge is -2.45. The fourth-order valence-electron chi connectivity index (χ4n) is 4.91. The van der Waals surface area contributed by atoms with Gasteiger partial charge in [0.2, 0.25) is 0 Å². The van der Waals surface area contributed by atoms with E-state index in [1.54, 1.807) is 5.48 Å². The number of aliphatic imine (C=N–C) groups is 2. The van der Waals surface area contributed by atoms with Crippen molar-refractivity contribution < 1.29 is 64.7 Å². The number of hydrogen-bond donors (Lipinski definition) is 13. The maximum atomic E-state index is 12.0. The number of rotatable bonds is 9. The predicted octanol–water partition coefficient (Wildman–Crippen LogP) is -8.40. The Hall–Kier alpha value is -2.31. The van der Waals surface area contributed by atoms with Crippen LogP contribution in [0.15, 0.2) is 9.98 Å². The fraction of sp³-hybridized carbons (Fsp3) is 0.850. The van der Waals surface area contributed by atoms with Crippen molar-refractivity contribution in [3.8, 4) is 0 Å². The molecule has 20 heteroatoms. The molecule has 0 aromatic rings. The number of hydrogen-bond acceptors (Lipinski definition) is 16. The lowest BCUT2D eigenvalue weighted by Crippen LogP contribution is -2.66. The van der Waals surface area contributed by atoms with Crippen LogP contribution in [-0.4, -0.2) is 157 Å². The number of hydroxylamine groups is 1. The Morgan fingerprint density at radius 2 is 1.50 bits per heavy atom. The second-order valence-electron chi connectivity index (χ2n) is 9.73. The molecule has 1 aliphatic carbocycles. The lowest BCUT2D eigenvalue weighted by atomic mass is 9.81. The summed E-state index contributed by atoms with van der Waals surface area (Å²) in [6.45, 7) is 0.489. The zero-order valence-corrected chi connectivity index (χ0v) is 21.2. The van der Waals surface area contributed by atoms with Gasteiger partial charge < -0.3 is 82.8 Å². The van der Waals surface area contributed by atoms with Gasteiger partial charge in [0.05, 0.1) is 12.7 Å². The monoisotopic (exact) mass is 583 g/mol. The SMILES string of the molecule is C[C@@H]1O[C@@H](O[C@H]2[C@@H](O)[C@H](O)[C@@H](N=C(N)N)[C@H](O)[C@H]2N=C(N)N)[C@@H](O[C@H]2O[C@H](CO)[C@@H](O)[C@H](O)[C@H]2NO)[C@@]1(O)C=O. The van der Waals surface area contributed by atoms with E-state index in [9.17, 15) is 45.7 Å². The molecule has 0 amide bonds. The third-order valence-electron chi connectivity index (χ3n) is 7.15. The molecule has 2 heterocycles. The highest BCUT2D eigenvalue weighted by atomic mass is 16.8. The molecule has 40 heavy (non-hydrogen) atoms. The van der Waals surface area contributed by atoms with Crippen molar-refractivity contribution in [1.29, 1.82) is 0 Å². The average Bonchev–Trinajstić information content (AvgIpc) is 3.13. The van der Waals surface area contributed by atoms with Gasteiger partial charge in [0.15, 0.2) is 36.4 Å². The van der Waals surface area contributed by atoms with Gasteiger partial charge in [-0.25, -0.2) is 9.98 Å². The van der Waals surface area contributed by atoms with Crippen molar-refractivity contribution in [3.05, 3.63) is 0 Å². The molecule has 17 N–H and O–H groups in total. The number of guanidine groups is 2. The zero-order valence-electron chi connectivity index (χ0n) is 21.2. The number of carbonyl (C=O) groups excluding carboxylic acids is 1. The number of nitrogens with two attached hydrogens (primary N) is 4. The highest BCUT2D eigenvalue weighted by Crippen LogP contribution is 2.38. The van der Waals surface area contributed by atoms with Crippen molar-refractivity contribution in [2.45, 2.75) is 98.2 Å². The largest absolute Gasteiger partial charge is 0.394 e. The maximum Gasteiger partial charge on any atom is 0.188 e. The van der Waals surface area contributed by atoms with E-state index in [4.69, 9.17) is 41.9 Å². The summed E-state index contributed by atoms with van der Waals surface area (Å²) in [5.41, 5.74) is 20.9. The second-order valence-corrected chi connectivity index (χ2v) is 9.73. The third-order valence-corrected chi connectivity index (χ3v) is 7.15. The summed E-state index contributed by atoms with van der Waals surface area (Å²) < 4.78 is 22.5. The molecule has 0 radical (unpaired) electrons. The van der Waals surface area contributed by atoms with Crippen molar-refractivity contribution in [2.24, 2.45) is 32.9 Å². The van der Waals surface area contributed by atoms with Crippen LogP contribution in [0.25, 0.3) is 0 Å². The van der Waals surface area contributed by atoms with Gasteiger partial charge in [-0.05, 0) is 6.92 Å². The van der Waals surface area contributed by atoms with Gasteiger partial charge in [0, 0.05) is 0 Å². The first-order valence-corrected chi connectivity index (χ1v) is 12.1. The Morgan fingerprint density at radius 3 is 2.02 bits per heavy atom. The van der Waals surface area contributed by atoms with Crippen molar-refractivity contribution >= 4 is 18.2 Å². The Bertz CT molecular complexity index is 940. The summed E-state index contributed by atoms with van der Waals surface area (Å²) in [5.74, 6) is -1.08. The number of ether oxygens (including phenoxy) is 4. The molecule has 3 fully saturated rings. The number of carbonyl (C=O) groups is 1. The number of nitrogens with one attached hydrogen (secondary N) is 1. The molecular formula is C20H37N7O13. The Morgan fingerprint density at radius 1 is 0.900 bits per heavy atom. The van der Waals surface area contributed by atoms with Crippen LogP contribution in [-0.2, 0) is 23.7 Å².